The second kappa shape index (κ2) is 4.75. The van der Waals surface area contributed by atoms with Crippen molar-refractivity contribution >= 4 is 3.34 Å². The van der Waals surface area contributed by atoms with Gasteiger partial charge >= 0.3 is 112 Å². The summed E-state index contributed by atoms with van der Waals surface area (Å²) in [6, 6.07) is 0.429. The van der Waals surface area contributed by atoms with Crippen molar-refractivity contribution in [1.82, 2.24) is 15.5 Å². The third kappa shape index (κ3) is 1.98. The molecule has 2 rings (SSSR count). The first-order valence-electron chi connectivity index (χ1n) is 5.49. The Labute approximate surface area is 112 Å². The van der Waals surface area contributed by atoms with Crippen LogP contribution in [0.4, 0.5) is 0 Å². The fourth-order valence-electron chi connectivity index (χ4n) is 2.14. The number of nitrogens with one attached hydrogen (secondary N) is 2. The van der Waals surface area contributed by atoms with Crippen molar-refractivity contribution in [2.24, 2.45) is 10.7 Å². The molecule has 0 spiro atoms. The second-order valence-electron chi connectivity index (χ2n) is 3.95. The summed E-state index contributed by atoms with van der Waals surface area (Å²) in [5.74, 6) is 0.934. The van der Waals surface area contributed by atoms with E-state index < -0.39 is 0 Å². The fourth-order valence-corrected chi connectivity index (χ4v) is 3.58. The molecular weight excluding hydrogens is 391 g/mol. The van der Waals surface area contributed by atoms with Gasteiger partial charge in [0.05, 0.1) is 0 Å². The zero-order valence-electron chi connectivity index (χ0n) is 9.58. The molecule has 16 heavy (non-hydrogen) atoms. The molecule has 0 aliphatic carbocycles. The molecule has 0 fully saturated rings. The summed E-state index contributed by atoms with van der Waals surface area (Å²) in [5.41, 5.74) is 7.79. The summed E-state index contributed by atoms with van der Waals surface area (Å²) in [4.78, 5) is 6.71. The molecule has 1 unspecified atom stereocenters. The van der Waals surface area contributed by atoms with Gasteiger partial charge in [-0.1, -0.05) is 0 Å². The summed E-state index contributed by atoms with van der Waals surface area (Å²) < 4.78 is 1.06. The van der Waals surface area contributed by atoms with Crippen LogP contribution in [0.15, 0.2) is 28.8 Å². The van der Waals surface area contributed by atoms with Gasteiger partial charge in [0.2, 0.25) is 0 Å². The van der Waals surface area contributed by atoms with E-state index in [1.165, 1.54) is 0 Å². The minimum atomic E-state index is 0.429. The first-order chi connectivity index (χ1) is 7.67. The van der Waals surface area contributed by atoms with Crippen LogP contribution in [0.3, 0.4) is 0 Å². The Morgan fingerprint density at radius 2 is 2.44 bits per heavy atom. The maximum absolute atomic E-state index is 5.83. The van der Waals surface area contributed by atoms with E-state index in [0.29, 0.717) is 38.8 Å². The Balaban J connectivity index is 2.39. The summed E-state index contributed by atoms with van der Waals surface area (Å²) in [7, 11) is 0. The SMILES string of the molecule is C=C1N[C]([Hg])=NC2=C1N(CN)C(CC)CN2. The number of amidine groups is 1. The van der Waals surface area contributed by atoms with Gasteiger partial charge in [-0.3, -0.25) is 0 Å². The minimum absolute atomic E-state index is 0.429. The Bertz CT molecular complexity index is 373. The predicted molar refractivity (Wildman–Crippen MR) is 59.7 cm³/mol. The van der Waals surface area contributed by atoms with E-state index in [0.717, 1.165) is 33.5 Å². The molecule has 83 valence electrons. The molecular formula is C10H16HgN5. The molecule has 0 saturated heterocycles. The molecule has 0 radical (unpaired) electrons. The van der Waals surface area contributed by atoms with Gasteiger partial charge in [0.25, 0.3) is 0 Å². The van der Waals surface area contributed by atoms with E-state index >= 15 is 0 Å². The van der Waals surface area contributed by atoms with Crippen molar-refractivity contribution in [3.8, 4) is 0 Å². The summed E-state index contributed by atoms with van der Waals surface area (Å²) in [5, 5.41) is 6.61. The van der Waals surface area contributed by atoms with Crippen LogP contribution in [-0.4, -0.2) is 27.5 Å². The third-order valence-electron chi connectivity index (χ3n) is 2.95. The molecule has 0 bridgehead atoms. The molecule has 6 heteroatoms. The van der Waals surface area contributed by atoms with Crippen LogP contribution >= 0.6 is 0 Å². The molecule has 2 heterocycles. The van der Waals surface area contributed by atoms with E-state index in [1.54, 1.807) is 0 Å². The second-order valence-corrected chi connectivity index (χ2v) is 6.56. The van der Waals surface area contributed by atoms with E-state index in [9.17, 15) is 0 Å². The number of nitrogens with zero attached hydrogens (tertiary/aromatic N) is 2. The summed E-state index contributed by atoms with van der Waals surface area (Å²) >= 11 is 0.481. The summed E-state index contributed by atoms with van der Waals surface area (Å²) in [6.07, 6.45) is 1.06. The molecule has 0 aromatic heterocycles. The quantitative estimate of drug-likeness (QED) is 0.555. The Morgan fingerprint density at radius 3 is 3.06 bits per heavy atom. The Kier molecular flexibility index (Phi) is 3.54. The molecule has 5 nitrogen and oxygen atoms in total. The van der Waals surface area contributed by atoms with Gasteiger partial charge in [-0.25, -0.2) is 0 Å². The standard InChI is InChI=1S/C10H16N5.Hg/c1-3-8-4-12-10-9(15(8)5-11)7(2)13-6-14-10;/h8,12H,2-5,11H2,1H3,(H,13,14);. The normalized spacial score (nSPS) is 24.8. The Morgan fingerprint density at radius 1 is 1.69 bits per heavy atom. The van der Waals surface area contributed by atoms with Gasteiger partial charge in [0, 0.05) is 0 Å². The zero-order chi connectivity index (χ0) is 11.7. The molecule has 1 atom stereocenters. The average molecular weight is 407 g/mol. The summed E-state index contributed by atoms with van der Waals surface area (Å²) in [6.45, 7) is 7.65. The van der Waals surface area contributed by atoms with Crippen LogP contribution in [0.2, 0.25) is 0 Å². The van der Waals surface area contributed by atoms with E-state index in [4.69, 9.17) is 5.73 Å². The van der Waals surface area contributed by atoms with Crippen molar-refractivity contribution < 1.29 is 26.1 Å². The zero-order valence-corrected chi connectivity index (χ0v) is 15.1. The van der Waals surface area contributed by atoms with Crippen LogP contribution in [0, 0.1) is 0 Å². The van der Waals surface area contributed by atoms with Crippen LogP contribution < -0.4 is 16.4 Å². The van der Waals surface area contributed by atoms with Crippen LogP contribution in [-0.2, 0) is 26.1 Å². The number of nitrogens with two attached hydrogens (primary N) is 1. The fraction of sp³-hybridized carbons (Fsp3) is 0.500. The van der Waals surface area contributed by atoms with E-state index in [-0.39, 0.29) is 0 Å². The van der Waals surface area contributed by atoms with Crippen molar-refractivity contribution in [2.75, 3.05) is 13.2 Å². The number of rotatable bonds is 2. The third-order valence-corrected chi connectivity index (χ3v) is 4.26. The molecule has 0 aromatic rings. The molecule has 2 aliphatic rings. The number of hydrogen-bond donors (Lipinski definition) is 3. The first kappa shape index (κ1) is 11.9. The van der Waals surface area contributed by atoms with Crippen LogP contribution in [0.1, 0.15) is 13.3 Å². The van der Waals surface area contributed by atoms with Crippen molar-refractivity contribution in [2.45, 2.75) is 19.4 Å². The Hall–Kier alpha value is -0.555. The van der Waals surface area contributed by atoms with Gasteiger partial charge in [-0.2, -0.15) is 0 Å². The number of hydrogen-bond acceptors (Lipinski definition) is 5. The topological polar surface area (TPSA) is 65.7 Å². The van der Waals surface area contributed by atoms with Crippen molar-refractivity contribution in [3.05, 3.63) is 23.8 Å². The van der Waals surface area contributed by atoms with Crippen LogP contribution in [0.25, 0.3) is 0 Å². The van der Waals surface area contributed by atoms with Gasteiger partial charge in [-0.15, -0.1) is 0 Å². The van der Waals surface area contributed by atoms with Gasteiger partial charge in [-0.05, 0) is 0 Å². The average Bonchev–Trinajstić information content (AvgIpc) is 2.27. The number of aliphatic imine (C=N–C) groups is 1. The van der Waals surface area contributed by atoms with Gasteiger partial charge < -0.3 is 0 Å². The predicted octanol–water partition coefficient (Wildman–Crippen LogP) is -0.225. The molecule has 0 aromatic carbocycles. The van der Waals surface area contributed by atoms with E-state index in [2.05, 4.69) is 34.0 Å². The van der Waals surface area contributed by atoms with Crippen molar-refractivity contribution in [3.63, 3.8) is 0 Å². The van der Waals surface area contributed by atoms with Crippen molar-refractivity contribution in [1.29, 1.82) is 0 Å². The molecule has 4 N–H and O–H groups in total. The molecule has 2 aliphatic heterocycles. The van der Waals surface area contributed by atoms with Gasteiger partial charge in [0.15, 0.2) is 0 Å². The van der Waals surface area contributed by atoms with Gasteiger partial charge in [0.1, 0.15) is 0 Å². The maximum atomic E-state index is 5.83. The van der Waals surface area contributed by atoms with E-state index in [1.807, 2.05) is 0 Å². The molecule has 0 amide bonds. The monoisotopic (exact) mass is 408 g/mol. The first-order valence-corrected chi connectivity index (χ1v) is 8.24. The van der Waals surface area contributed by atoms with Crippen LogP contribution in [0.5, 0.6) is 0 Å². The molecule has 0 saturated carbocycles.